The van der Waals surface area contributed by atoms with E-state index in [2.05, 4.69) is 29.0 Å². The van der Waals surface area contributed by atoms with E-state index in [1.165, 1.54) is 0 Å². The topological polar surface area (TPSA) is 65.5 Å². The molecule has 2 amide bonds. The van der Waals surface area contributed by atoms with E-state index >= 15 is 0 Å². The monoisotopic (exact) mass is 400 g/mol. The van der Waals surface area contributed by atoms with Crippen molar-refractivity contribution < 1.29 is 9.59 Å². The molecule has 0 saturated carbocycles. The van der Waals surface area contributed by atoms with Gasteiger partial charge in [0.15, 0.2) is 0 Å². The van der Waals surface area contributed by atoms with Crippen molar-refractivity contribution in [1.82, 2.24) is 20.1 Å². The summed E-state index contributed by atoms with van der Waals surface area (Å²) >= 11 is 0. The van der Waals surface area contributed by atoms with Crippen molar-refractivity contribution in [3.05, 3.63) is 30.1 Å². The first-order valence-corrected chi connectivity index (χ1v) is 11.2. The van der Waals surface area contributed by atoms with Crippen LogP contribution in [0.15, 0.2) is 24.5 Å². The number of amides is 2. The molecular formula is C23H36N4O2. The number of nitrogens with zero attached hydrogens (tertiary/aromatic N) is 3. The molecule has 0 bridgehead atoms. The predicted molar refractivity (Wildman–Crippen MR) is 114 cm³/mol. The third-order valence-electron chi connectivity index (χ3n) is 6.28. The van der Waals surface area contributed by atoms with E-state index in [0.29, 0.717) is 30.8 Å². The number of likely N-dealkylation sites (tertiary alicyclic amines) is 2. The van der Waals surface area contributed by atoms with Crippen molar-refractivity contribution in [1.29, 1.82) is 0 Å². The van der Waals surface area contributed by atoms with Crippen LogP contribution in [0.1, 0.15) is 57.9 Å². The van der Waals surface area contributed by atoms with Crippen molar-refractivity contribution in [3.8, 4) is 0 Å². The molecule has 0 spiro atoms. The summed E-state index contributed by atoms with van der Waals surface area (Å²) in [6, 6.07) is 4.37. The Kier molecular flexibility index (Phi) is 8.04. The smallest absolute Gasteiger partial charge is 0.224 e. The molecule has 0 aromatic carbocycles. The van der Waals surface area contributed by atoms with Crippen LogP contribution in [0.5, 0.6) is 0 Å². The van der Waals surface area contributed by atoms with E-state index in [1.54, 1.807) is 12.4 Å². The third-order valence-corrected chi connectivity index (χ3v) is 6.28. The van der Waals surface area contributed by atoms with Gasteiger partial charge in [0.2, 0.25) is 11.8 Å². The van der Waals surface area contributed by atoms with Crippen molar-refractivity contribution >= 4 is 11.8 Å². The number of carbonyl (C=O) groups is 2. The largest absolute Gasteiger partial charge is 0.352 e. The number of hydrogen-bond donors (Lipinski definition) is 1. The van der Waals surface area contributed by atoms with Crippen molar-refractivity contribution in [3.63, 3.8) is 0 Å². The Morgan fingerprint density at radius 1 is 1.21 bits per heavy atom. The molecule has 2 aliphatic heterocycles. The van der Waals surface area contributed by atoms with E-state index in [9.17, 15) is 9.59 Å². The molecule has 3 rings (SSSR count). The van der Waals surface area contributed by atoms with Gasteiger partial charge in [0.25, 0.3) is 0 Å². The second kappa shape index (κ2) is 10.7. The van der Waals surface area contributed by atoms with Crippen LogP contribution in [-0.4, -0.2) is 58.8 Å². The zero-order valence-corrected chi connectivity index (χ0v) is 18.0. The summed E-state index contributed by atoms with van der Waals surface area (Å²) in [7, 11) is 0. The third kappa shape index (κ3) is 6.53. The lowest BCUT2D eigenvalue weighted by Crippen LogP contribution is -2.51. The highest BCUT2D eigenvalue weighted by atomic mass is 16.2. The van der Waals surface area contributed by atoms with Crippen LogP contribution in [0.2, 0.25) is 0 Å². The zero-order chi connectivity index (χ0) is 20.6. The first-order valence-electron chi connectivity index (χ1n) is 11.2. The van der Waals surface area contributed by atoms with Gasteiger partial charge in [-0.05, 0) is 56.2 Å². The fraction of sp³-hybridized carbons (Fsp3) is 0.696. The molecule has 3 heterocycles. The van der Waals surface area contributed by atoms with E-state index < -0.39 is 0 Å². The highest BCUT2D eigenvalue weighted by molar-refractivity contribution is 5.79. The molecule has 1 aromatic heterocycles. The summed E-state index contributed by atoms with van der Waals surface area (Å²) < 4.78 is 0. The highest BCUT2D eigenvalue weighted by Crippen LogP contribution is 2.24. The fourth-order valence-electron chi connectivity index (χ4n) is 4.44. The molecule has 1 aromatic rings. The lowest BCUT2D eigenvalue weighted by molar-refractivity contribution is -0.133. The normalized spacial score (nSPS) is 21.3. The van der Waals surface area contributed by atoms with Crippen LogP contribution in [-0.2, 0) is 16.1 Å². The summed E-state index contributed by atoms with van der Waals surface area (Å²) in [6.45, 7) is 8.49. The molecule has 0 unspecified atom stereocenters. The first-order chi connectivity index (χ1) is 14.0. The minimum atomic E-state index is 0.0612. The van der Waals surface area contributed by atoms with Gasteiger partial charge >= 0.3 is 0 Å². The van der Waals surface area contributed by atoms with Crippen molar-refractivity contribution in [2.75, 3.05) is 26.2 Å². The standard InChI is InChI=1S/C23H36N4O2/c1-18(2)7-8-22(28)26-13-9-21(10-14-26)27-12-4-6-20(17-27)23(29)25-16-19-5-3-11-24-15-19/h3,5,11,15,18,20-21H,4,6-10,12-14,16-17H2,1-2H3,(H,25,29)/t20-/m1/s1. The number of hydrogen-bond acceptors (Lipinski definition) is 4. The molecule has 29 heavy (non-hydrogen) atoms. The van der Waals surface area contributed by atoms with Crippen LogP contribution in [0.25, 0.3) is 0 Å². The molecule has 1 atom stereocenters. The van der Waals surface area contributed by atoms with E-state index in [-0.39, 0.29) is 11.8 Å². The summed E-state index contributed by atoms with van der Waals surface area (Å²) in [5.41, 5.74) is 1.03. The number of pyridine rings is 1. The number of aromatic nitrogens is 1. The molecule has 1 N–H and O–H groups in total. The maximum atomic E-state index is 12.7. The highest BCUT2D eigenvalue weighted by Gasteiger charge is 2.32. The van der Waals surface area contributed by atoms with E-state index in [1.807, 2.05) is 17.0 Å². The second-order valence-corrected chi connectivity index (χ2v) is 8.96. The Morgan fingerprint density at radius 3 is 2.69 bits per heavy atom. The lowest BCUT2D eigenvalue weighted by atomic mass is 9.93. The zero-order valence-electron chi connectivity index (χ0n) is 18.0. The number of piperidine rings is 2. The maximum Gasteiger partial charge on any atom is 0.224 e. The van der Waals surface area contributed by atoms with Gasteiger partial charge in [-0.2, -0.15) is 0 Å². The minimum Gasteiger partial charge on any atom is -0.352 e. The Morgan fingerprint density at radius 2 is 2.00 bits per heavy atom. The SMILES string of the molecule is CC(C)CCC(=O)N1CCC(N2CCC[C@@H](C(=O)NCc3cccnc3)C2)CC1. The van der Waals surface area contributed by atoms with Gasteiger partial charge in [0.1, 0.15) is 0 Å². The molecule has 2 saturated heterocycles. The lowest BCUT2D eigenvalue weighted by Gasteiger charge is -2.42. The van der Waals surface area contributed by atoms with Crippen molar-refractivity contribution in [2.24, 2.45) is 11.8 Å². The van der Waals surface area contributed by atoms with Crippen LogP contribution >= 0.6 is 0 Å². The van der Waals surface area contributed by atoms with Gasteiger partial charge in [-0.3, -0.25) is 19.5 Å². The molecule has 6 heteroatoms. The molecule has 2 aliphatic rings. The molecule has 2 fully saturated rings. The number of carbonyl (C=O) groups excluding carboxylic acids is 2. The summed E-state index contributed by atoms with van der Waals surface area (Å²) in [6.07, 6.45) is 9.26. The van der Waals surface area contributed by atoms with Crippen LogP contribution in [0, 0.1) is 11.8 Å². The molecule has 6 nitrogen and oxygen atoms in total. The van der Waals surface area contributed by atoms with Gasteiger partial charge in [-0.1, -0.05) is 19.9 Å². The Bertz CT molecular complexity index is 656. The Hall–Kier alpha value is -1.95. The van der Waals surface area contributed by atoms with E-state index in [4.69, 9.17) is 0 Å². The fourth-order valence-corrected chi connectivity index (χ4v) is 4.44. The summed E-state index contributed by atoms with van der Waals surface area (Å²) in [5.74, 6) is 1.10. The number of nitrogens with one attached hydrogen (secondary N) is 1. The minimum absolute atomic E-state index is 0.0612. The van der Waals surface area contributed by atoms with Crippen molar-refractivity contribution in [2.45, 2.75) is 65.0 Å². The van der Waals surface area contributed by atoms with Crippen LogP contribution in [0.4, 0.5) is 0 Å². The Balaban J connectivity index is 1.42. The molecular weight excluding hydrogens is 364 g/mol. The molecule has 160 valence electrons. The van der Waals surface area contributed by atoms with Gasteiger partial charge < -0.3 is 10.2 Å². The molecule has 0 aliphatic carbocycles. The second-order valence-electron chi connectivity index (χ2n) is 8.96. The van der Waals surface area contributed by atoms with Gasteiger partial charge in [0, 0.05) is 51.0 Å². The van der Waals surface area contributed by atoms with Gasteiger partial charge in [0.05, 0.1) is 5.92 Å². The first kappa shape index (κ1) is 21.8. The average Bonchev–Trinajstić information content (AvgIpc) is 2.76. The average molecular weight is 401 g/mol. The quantitative estimate of drug-likeness (QED) is 0.764. The predicted octanol–water partition coefficient (Wildman–Crippen LogP) is 2.84. The van der Waals surface area contributed by atoms with Gasteiger partial charge in [-0.15, -0.1) is 0 Å². The summed E-state index contributed by atoms with van der Waals surface area (Å²) in [4.78, 5) is 33.7. The van der Waals surface area contributed by atoms with Crippen LogP contribution in [0.3, 0.4) is 0 Å². The van der Waals surface area contributed by atoms with Gasteiger partial charge in [-0.25, -0.2) is 0 Å². The Labute approximate surface area is 175 Å². The molecule has 0 radical (unpaired) electrons. The summed E-state index contributed by atoms with van der Waals surface area (Å²) in [5, 5.41) is 3.08. The van der Waals surface area contributed by atoms with E-state index in [0.717, 1.165) is 63.8 Å². The maximum absolute atomic E-state index is 12.7. The van der Waals surface area contributed by atoms with Crippen LogP contribution < -0.4 is 5.32 Å². The number of rotatable bonds is 7.